The number of fused-ring (bicyclic) bond motifs is 1. The number of nitrogens with one attached hydrogen (secondary N) is 2. The largest absolute Gasteiger partial charge is 0.290 e. The number of hydrogen-bond donors (Lipinski definition) is 2. The molecule has 0 radical (unpaired) electrons. The summed E-state index contributed by atoms with van der Waals surface area (Å²) in [5.41, 5.74) is 5.03. The zero-order chi connectivity index (χ0) is 21.1. The van der Waals surface area contributed by atoms with Gasteiger partial charge in [0.15, 0.2) is 5.69 Å². The second kappa shape index (κ2) is 8.98. The molecule has 7 nitrogen and oxygen atoms in total. The molecule has 4 rings (SSSR count). The fraction of sp³-hybridized carbons (Fsp3) is 0.565. The van der Waals surface area contributed by atoms with Crippen LogP contribution in [0.2, 0.25) is 0 Å². The van der Waals surface area contributed by atoms with Gasteiger partial charge in [0.2, 0.25) is 5.91 Å². The highest BCUT2D eigenvalue weighted by molar-refractivity contribution is 6.05. The van der Waals surface area contributed by atoms with Crippen LogP contribution in [0.4, 0.5) is 0 Å². The van der Waals surface area contributed by atoms with Gasteiger partial charge in [0.1, 0.15) is 0 Å². The lowest BCUT2D eigenvalue weighted by molar-refractivity contribution is -0.123. The third-order valence-electron chi connectivity index (χ3n) is 6.25. The molecule has 2 amide bonds. The number of amides is 2. The second-order valence-corrected chi connectivity index (χ2v) is 8.67. The van der Waals surface area contributed by atoms with Crippen molar-refractivity contribution in [3.05, 3.63) is 40.3 Å². The van der Waals surface area contributed by atoms with Crippen molar-refractivity contribution in [1.29, 1.82) is 0 Å². The Hall–Kier alpha value is -2.70. The first-order valence-electron chi connectivity index (χ1n) is 11.2. The Balaban J connectivity index is 1.47. The molecule has 0 aliphatic heterocycles. The van der Waals surface area contributed by atoms with Crippen molar-refractivity contribution in [3.63, 3.8) is 0 Å². The zero-order valence-corrected chi connectivity index (χ0v) is 17.5. The number of benzene rings is 1. The first kappa shape index (κ1) is 20.6. The van der Waals surface area contributed by atoms with Crippen LogP contribution in [0.3, 0.4) is 0 Å². The third kappa shape index (κ3) is 4.71. The van der Waals surface area contributed by atoms with Crippen LogP contribution in [0.5, 0.6) is 0 Å². The number of aryl methyl sites for hydroxylation is 1. The Morgan fingerprint density at radius 3 is 2.37 bits per heavy atom. The summed E-state index contributed by atoms with van der Waals surface area (Å²) in [4.78, 5) is 38.0. The van der Waals surface area contributed by atoms with E-state index in [4.69, 9.17) is 0 Å². The monoisotopic (exact) mass is 410 g/mol. The molecule has 30 heavy (non-hydrogen) atoms. The summed E-state index contributed by atoms with van der Waals surface area (Å²) in [6.45, 7) is 2.56. The molecule has 7 heteroatoms. The average molecular weight is 411 g/mol. The molecule has 2 saturated carbocycles. The van der Waals surface area contributed by atoms with Crippen molar-refractivity contribution in [3.8, 4) is 0 Å². The van der Waals surface area contributed by atoms with E-state index in [0.717, 1.165) is 19.3 Å². The SMILES string of the molecule is CCCCCn1nc(C(=O)NNC(=O)CC(C2CC2)C2CC2)c2ccccc2c1=O. The maximum atomic E-state index is 12.8. The highest BCUT2D eigenvalue weighted by Crippen LogP contribution is 2.50. The Bertz CT molecular complexity index is 980. The predicted octanol–water partition coefficient (Wildman–Crippen LogP) is 3.17. The van der Waals surface area contributed by atoms with Crippen LogP contribution < -0.4 is 16.4 Å². The highest BCUT2D eigenvalue weighted by Gasteiger charge is 2.42. The smallest absolute Gasteiger partial charge is 0.273 e. The van der Waals surface area contributed by atoms with Gasteiger partial charge >= 0.3 is 0 Å². The lowest BCUT2D eigenvalue weighted by atomic mass is 9.94. The molecule has 0 bridgehead atoms. The molecule has 2 aliphatic carbocycles. The van der Waals surface area contributed by atoms with E-state index in [-0.39, 0.29) is 17.2 Å². The molecule has 160 valence electrons. The lowest BCUT2D eigenvalue weighted by Crippen LogP contribution is -2.43. The molecule has 1 aromatic heterocycles. The molecule has 2 N–H and O–H groups in total. The fourth-order valence-electron chi connectivity index (χ4n) is 4.28. The van der Waals surface area contributed by atoms with E-state index < -0.39 is 5.91 Å². The molecule has 0 unspecified atom stereocenters. The number of unbranched alkanes of at least 4 members (excludes halogenated alkanes) is 2. The van der Waals surface area contributed by atoms with E-state index in [1.54, 1.807) is 24.3 Å². The van der Waals surface area contributed by atoms with Gasteiger partial charge in [-0.3, -0.25) is 25.2 Å². The number of rotatable bonds is 9. The quantitative estimate of drug-likeness (QED) is 0.490. The Kier molecular flexibility index (Phi) is 6.16. The van der Waals surface area contributed by atoms with Crippen LogP contribution in [-0.2, 0) is 11.3 Å². The van der Waals surface area contributed by atoms with E-state index in [1.165, 1.54) is 30.4 Å². The topological polar surface area (TPSA) is 93.1 Å². The minimum Gasteiger partial charge on any atom is -0.273 e. The van der Waals surface area contributed by atoms with Crippen molar-refractivity contribution >= 4 is 22.6 Å². The zero-order valence-electron chi connectivity index (χ0n) is 17.5. The van der Waals surface area contributed by atoms with Gasteiger partial charge in [-0.05, 0) is 55.9 Å². The van der Waals surface area contributed by atoms with Crippen molar-refractivity contribution < 1.29 is 9.59 Å². The molecular weight excluding hydrogens is 380 g/mol. The number of hydrogen-bond acceptors (Lipinski definition) is 4. The predicted molar refractivity (Wildman–Crippen MR) is 115 cm³/mol. The van der Waals surface area contributed by atoms with Crippen LogP contribution in [-0.4, -0.2) is 21.6 Å². The highest BCUT2D eigenvalue weighted by atomic mass is 16.2. The Morgan fingerprint density at radius 2 is 1.73 bits per heavy atom. The van der Waals surface area contributed by atoms with Crippen LogP contribution >= 0.6 is 0 Å². The van der Waals surface area contributed by atoms with Crippen molar-refractivity contribution in [2.24, 2.45) is 17.8 Å². The van der Waals surface area contributed by atoms with Gasteiger partial charge in [-0.2, -0.15) is 5.10 Å². The Morgan fingerprint density at radius 1 is 1.07 bits per heavy atom. The molecule has 1 heterocycles. The summed E-state index contributed by atoms with van der Waals surface area (Å²) in [6.07, 6.45) is 8.18. The van der Waals surface area contributed by atoms with Crippen molar-refractivity contribution in [1.82, 2.24) is 20.6 Å². The van der Waals surface area contributed by atoms with Gasteiger partial charge in [-0.1, -0.05) is 38.0 Å². The first-order valence-corrected chi connectivity index (χ1v) is 11.2. The van der Waals surface area contributed by atoms with Gasteiger partial charge in [0, 0.05) is 18.4 Å². The molecule has 2 aliphatic rings. The third-order valence-corrected chi connectivity index (χ3v) is 6.25. The molecule has 2 aromatic rings. The van der Waals surface area contributed by atoms with Gasteiger partial charge in [0.25, 0.3) is 11.5 Å². The Labute approximate surface area is 176 Å². The van der Waals surface area contributed by atoms with E-state index >= 15 is 0 Å². The summed E-state index contributed by atoms with van der Waals surface area (Å²) < 4.78 is 1.37. The number of nitrogens with zero attached hydrogens (tertiary/aromatic N) is 2. The molecule has 0 atom stereocenters. The molecular formula is C23H30N4O3. The molecule has 0 saturated heterocycles. The molecule has 0 spiro atoms. The summed E-state index contributed by atoms with van der Waals surface area (Å²) in [5.74, 6) is 1.14. The van der Waals surface area contributed by atoms with Gasteiger partial charge in [-0.25, -0.2) is 4.68 Å². The molecule has 1 aromatic carbocycles. The standard InChI is InChI=1S/C23H30N4O3/c1-2-3-6-13-27-23(30)18-8-5-4-7-17(18)21(26-27)22(29)25-24-20(28)14-19(15-9-10-15)16-11-12-16/h4-5,7-8,15-16,19H,2-3,6,9-14H2,1H3,(H,24,28)(H,25,29). The van der Waals surface area contributed by atoms with Gasteiger partial charge < -0.3 is 0 Å². The normalized spacial score (nSPS) is 16.1. The number of carbonyl (C=O) groups excluding carboxylic acids is 2. The fourth-order valence-corrected chi connectivity index (χ4v) is 4.28. The van der Waals surface area contributed by atoms with Crippen LogP contribution in [0, 0.1) is 17.8 Å². The summed E-state index contributed by atoms with van der Waals surface area (Å²) in [7, 11) is 0. The summed E-state index contributed by atoms with van der Waals surface area (Å²) >= 11 is 0. The number of hydrazine groups is 1. The van der Waals surface area contributed by atoms with E-state index in [1.807, 2.05) is 0 Å². The molecule has 2 fully saturated rings. The minimum atomic E-state index is -0.502. The van der Waals surface area contributed by atoms with Crippen LogP contribution in [0.1, 0.15) is 68.8 Å². The summed E-state index contributed by atoms with van der Waals surface area (Å²) in [6, 6.07) is 6.98. The van der Waals surface area contributed by atoms with E-state index in [2.05, 4.69) is 22.9 Å². The van der Waals surface area contributed by atoms with Crippen molar-refractivity contribution in [2.45, 2.75) is 64.8 Å². The summed E-state index contributed by atoms with van der Waals surface area (Å²) in [5, 5.41) is 5.28. The number of aromatic nitrogens is 2. The first-order chi connectivity index (χ1) is 14.6. The maximum absolute atomic E-state index is 12.8. The van der Waals surface area contributed by atoms with E-state index in [9.17, 15) is 14.4 Å². The van der Waals surface area contributed by atoms with Crippen LogP contribution in [0.25, 0.3) is 10.8 Å². The average Bonchev–Trinajstić information content (AvgIpc) is 3.65. The van der Waals surface area contributed by atoms with Gasteiger partial charge in [0.05, 0.1) is 5.39 Å². The second-order valence-electron chi connectivity index (χ2n) is 8.67. The maximum Gasteiger partial charge on any atom is 0.290 e. The van der Waals surface area contributed by atoms with Gasteiger partial charge in [-0.15, -0.1) is 0 Å². The minimum absolute atomic E-state index is 0.155. The van der Waals surface area contributed by atoms with Crippen molar-refractivity contribution in [2.75, 3.05) is 0 Å². The number of carbonyl (C=O) groups is 2. The lowest BCUT2D eigenvalue weighted by Gasteiger charge is -2.15. The van der Waals surface area contributed by atoms with Crippen LogP contribution in [0.15, 0.2) is 29.1 Å². The van der Waals surface area contributed by atoms with E-state index in [0.29, 0.717) is 41.5 Å².